The average molecular weight is 266 g/mol. The lowest BCUT2D eigenvalue weighted by atomic mass is 10.4. The fraction of sp³-hybridized carbons (Fsp3) is 0.167. The normalized spacial score (nSPS) is 10.7. The van der Waals surface area contributed by atoms with Gasteiger partial charge in [0.15, 0.2) is 11.4 Å². The van der Waals surface area contributed by atoms with Crippen molar-refractivity contribution in [3.63, 3.8) is 0 Å². The Balaban J connectivity index is 2.83. The van der Waals surface area contributed by atoms with E-state index in [2.05, 4.69) is 21.5 Å². The van der Waals surface area contributed by atoms with Crippen molar-refractivity contribution in [3.8, 4) is 5.75 Å². The Morgan fingerprint density at radius 3 is 2.89 bits per heavy atom. The van der Waals surface area contributed by atoms with Gasteiger partial charge < -0.3 is 9.47 Å². The SMILES string of the molecule is C=C/C=C(/F)C(=O)Oc1cnnc(C(=O)OCC)c1. The summed E-state index contributed by atoms with van der Waals surface area (Å²) < 4.78 is 22.4. The minimum Gasteiger partial charge on any atom is -0.461 e. The molecule has 100 valence electrons. The van der Waals surface area contributed by atoms with Crippen molar-refractivity contribution >= 4 is 11.9 Å². The first kappa shape index (κ1) is 14.5. The van der Waals surface area contributed by atoms with Crippen LogP contribution in [0.1, 0.15) is 17.4 Å². The summed E-state index contributed by atoms with van der Waals surface area (Å²) >= 11 is 0. The number of carbonyl (C=O) groups excluding carboxylic acids is 2. The van der Waals surface area contributed by atoms with Gasteiger partial charge in [-0.25, -0.2) is 9.59 Å². The van der Waals surface area contributed by atoms with Gasteiger partial charge in [-0.15, -0.1) is 5.10 Å². The predicted octanol–water partition coefficient (Wildman–Crippen LogP) is 1.60. The molecule has 1 heterocycles. The van der Waals surface area contributed by atoms with Gasteiger partial charge in [-0.3, -0.25) is 0 Å². The molecule has 19 heavy (non-hydrogen) atoms. The highest BCUT2D eigenvalue weighted by Crippen LogP contribution is 2.12. The van der Waals surface area contributed by atoms with Gasteiger partial charge in [0.2, 0.25) is 5.83 Å². The summed E-state index contributed by atoms with van der Waals surface area (Å²) in [5, 5.41) is 6.96. The molecule has 1 aromatic rings. The van der Waals surface area contributed by atoms with E-state index < -0.39 is 17.8 Å². The maximum atomic E-state index is 13.0. The highest BCUT2D eigenvalue weighted by Gasteiger charge is 2.14. The van der Waals surface area contributed by atoms with E-state index in [0.29, 0.717) is 0 Å². The van der Waals surface area contributed by atoms with Crippen LogP contribution in [0.15, 0.2) is 36.8 Å². The van der Waals surface area contributed by atoms with E-state index in [1.807, 2.05) is 0 Å². The topological polar surface area (TPSA) is 78.4 Å². The third-order valence-electron chi connectivity index (χ3n) is 1.78. The zero-order valence-corrected chi connectivity index (χ0v) is 10.1. The van der Waals surface area contributed by atoms with Gasteiger partial charge in [0.05, 0.1) is 12.8 Å². The molecule has 0 unspecified atom stereocenters. The van der Waals surface area contributed by atoms with E-state index in [1.165, 1.54) is 0 Å². The van der Waals surface area contributed by atoms with Crippen molar-refractivity contribution in [3.05, 3.63) is 42.5 Å². The summed E-state index contributed by atoms with van der Waals surface area (Å²) in [5.41, 5.74) is -0.139. The van der Waals surface area contributed by atoms with Crippen molar-refractivity contribution in [1.82, 2.24) is 10.2 Å². The second-order valence-electron chi connectivity index (χ2n) is 3.14. The summed E-state index contributed by atoms with van der Waals surface area (Å²) in [5.74, 6) is -3.17. The second-order valence-corrected chi connectivity index (χ2v) is 3.14. The van der Waals surface area contributed by atoms with Crippen molar-refractivity contribution < 1.29 is 23.5 Å². The van der Waals surface area contributed by atoms with Gasteiger partial charge in [-0.1, -0.05) is 12.7 Å². The molecule has 0 bridgehead atoms. The molecule has 0 atom stereocenters. The molecule has 1 rings (SSSR count). The molecule has 0 N–H and O–H groups in total. The van der Waals surface area contributed by atoms with Crippen LogP contribution in [-0.4, -0.2) is 28.7 Å². The molecule has 0 saturated heterocycles. The van der Waals surface area contributed by atoms with Crippen molar-refractivity contribution in [2.24, 2.45) is 0 Å². The van der Waals surface area contributed by atoms with Gasteiger partial charge >= 0.3 is 11.9 Å². The maximum Gasteiger partial charge on any atom is 0.372 e. The third-order valence-corrected chi connectivity index (χ3v) is 1.78. The van der Waals surface area contributed by atoms with Crippen LogP contribution in [0.5, 0.6) is 5.75 Å². The standard InChI is InChI=1S/C12H11FN2O4/c1-3-5-9(13)11(16)19-8-6-10(15-14-7-8)12(17)18-4-2/h3,5-7H,1,4H2,2H3/b9-5+. The number of ether oxygens (including phenoxy) is 2. The first-order valence-corrected chi connectivity index (χ1v) is 5.28. The zero-order valence-electron chi connectivity index (χ0n) is 10.1. The average Bonchev–Trinajstić information content (AvgIpc) is 2.39. The molecule has 1 aromatic heterocycles. The largest absolute Gasteiger partial charge is 0.461 e. The van der Waals surface area contributed by atoms with Crippen molar-refractivity contribution in [2.45, 2.75) is 6.92 Å². The van der Waals surface area contributed by atoms with Gasteiger partial charge in [0.25, 0.3) is 0 Å². The quantitative estimate of drug-likeness (QED) is 0.457. The van der Waals surface area contributed by atoms with Crippen LogP contribution >= 0.6 is 0 Å². The first-order chi connectivity index (χ1) is 9.08. The third kappa shape index (κ3) is 4.30. The highest BCUT2D eigenvalue weighted by atomic mass is 19.1. The number of halogens is 1. The smallest absolute Gasteiger partial charge is 0.372 e. The number of rotatable bonds is 5. The molecule has 0 saturated carbocycles. The molecule has 0 aliphatic heterocycles. The Bertz CT molecular complexity index is 528. The minimum atomic E-state index is -1.22. The summed E-state index contributed by atoms with van der Waals surface area (Å²) in [4.78, 5) is 22.6. The Morgan fingerprint density at radius 1 is 1.53 bits per heavy atom. The van der Waals surface area contributed by atoms with E-state index >= 15 is 0 Å². The number of esters is 2. The lowest BCUT2D eigenvalue weighted by Crippen LogP contribution is -2.11. The second kappa shape index (κ2) is 7.00. The van der Waals surface area contributed by atoms with Crippen molar-refractivity contribution in [2.75, 3.05) is 6.61 Å². The molecule has 0 aliphatic carbocycles. The van der Waals surface area contributed by atoms with Crippen LogP contribution < -0.4 is 4.74 Å². The molecular formula is C12H11FN2O4. The van der Waals surface area contributed by atoms with Crippen LogP contribution in [0.2, 0.25) is 0 Å². The van der Waals surface area contributed by atoms with Crippen LogP contribution in [0.25, 0.3) is 0 Å². The monoisotopic (exact) mass is 266 g/mol. The Hall–Kier alpha value is -2.57. The Labute approximate surface area is 108 Å². The number of aromatic nitrogens is 2. The number of nitrogens with zero attached hydrogens (tertiary/aromatic N) is 2. The molecule has 0 radical (unpaired) electrons. The van der Waals surface area contributed by atoms with Gasteiger partial charge in [-0.2, -0.15) is 9.49 Å². The van der Waals surface area contributed by atoms with Crippen LogP contribution in [0, 0.1) is 0 Å². The maximum absolute atomic E-state index is 13.0. The highest BCUT2D eigenvalue weighted by molar-refractivity contribution is 5.89. The summed E-state index contributed by atoms with van der Waals surface area (Å²) in [6, 6.07) is 1.13. The van der Waals surface area contributed by atoms with Gasteiger partial charge in [-0.05, 0) is 13.0 Å². The summed E-state index contributed by atoms with van der Waals surface area (Å²) in [7, 11) is 0. The van der Waals surface area contributed by atoms with E-state index in [0.717, 1.165) is 24.4 Å². The van der Waals surface area contributed by atoms with Crippen LogP contribution in [0.4, 0.5) is 4.39 Å². The lowest BCUT2D eigenvalue weighted by molar-refractivity contribution is -0.131. The molecule has 0 aromatic carbocycles. The summed E-state index contributed by atoms with van der Waals surface area (Å²) in [6.45, 7) is 5.04. The number of allylic oxidation sites excluding steroid dienone is 2. The molecule has 6 nitrogen and oxygen atoms in total. The van der Waals surface area contributed by atoms with Gasteiger partial charge in [0.1, 0.15) is 0 Å². The number of hydrogen-bond donors (Lipinski definition) is 0. The predicted molar refractivity (Wildman–Crippen MR) is 63.0 cm³/mol. The van der Waals surface area contributed by atoms with Crippen molar-refractivity contribution in [1.29, 1.82) is 0 Å². The molecule has 7 heteroatoms. The summed E-state index contributed by atoms with van der Waals surface area (Å²) in [6.07, 6.45) is 3.02. The molecular weight excluding hydrogens is 255 g/mol. The molecule has 0 fully saturated rings. The van der Waals surface area contributed by atoms with E-state index in [-0.39, 0.29) is 18.1 Å². The number of carbonyl (C=O) groups is 2. The molecule has 0 amide bonds. The number of hydrogen-bond acceptors (Lipinski definition) is 6. The molecule has 0 aliphatic rings. The van der Waals surface area contributed by atoms with Gasteiger partial charge in [0, 0.05) is 6.07 Å². The zero-order chi connectivity index (χ0) is 14.3. The van der Waals surface area contributed by atoms with Crippen LogP contribution in [0.3, 0.4) is 0 Å². The van der Waals surface area contributed by atoms with Crippen LogP contribution in [-0.2, 0) is 9.53 Å². The Kier molecular flexibility index (Phi) is 5.34. The van der Waals surface area contributed by atoms with E-state index in [4.69, 9.17) is 4.74 Å². The minimum absolute atomic E-state index is 0.115. The van der Waals surface area contributed by atoms with E-state index in [1.54, 1.807) is 6.92 Å². The molecule has 0 spiro atoms. The fourth-order valence-corrected chi connectivity index (χ4v) is 1.04. The fourth-order valence-electron chi connectivity index (χ4n) is 1.04. The Morgan fingerprint density at radius 2 is 2.26 bits per heavy atom. The first-order valence-electron chi connectivity index (χ1n) is 5.28. The lowest BCUT2D eigenvalue weighted by Gasteiger charge is -2.03. The van der Waals surface area contributed by atoms with E-state index in [9.17, 15) is 14.0 Å².